The van der Waals surface area contributed by atoms with E-state index >= 15 is 0 Å². The van der Waals surface area contributed by atoms with Gasteiger partial charge in [-0.2, -0.15) is 5.10 Å². The van der Waals surface area contributed by atoms with Crippen LogP contribution in [0.15, 0.2) is 12.1 Å². The average molecular weight is 224 g/mol. The molecule has 0 aromatic carbocycles. The van der Waals surface area contributed by atoms with Gasteiger partial charge in [0.15, 0.2) is 5.15 Å². The number of nitrogens with zero attached hydrogens (tertiary/aromatic N) is 3. The summed E-state index contributed by atoms with van der Waals surface area (Å²) in [6.07, 6.45) is 2.85. The Labute approximate surface area is 94.4 Å². The Bertz CT molecular complexity index is 339. The smallest absolute Gasteiger partial charge is 0.151 e. The van der Waals surface area contributed by atoms with Crippen molar-refractivity contribution in [3.63, 3.8) is 0 Å². The van der Waals surface area contributed by atoms with Gasteiger partial charge in [-0.1, -0.05) is 11.6 Å². The first-order valence-corrected chi connectivity index (χ1v) is 5.89. The molecule has 2 unspecified atom stereocenters. The fraction of sp³-hybridized carbons (Fsp3) is 0.636. The third-order valence-electron chi connectivity index (χ3n) is 3.63. The van der Waals surface area contributed by atoms with Crippen molar-refractivity contribution in [1.29, 1.82) is 0 Å². The van der Waals surface area contributed by atoms with Crippen molar-refractivity contribution in [1.82, 2.24) is 15.1 Å². The van der Waals surface area contributed by atoms with Crippen LogP contribution in [0.3, 0.4) is 0 Å². The van der Waals surface area contributed by atoms with Crippen molar-refractivity contribution in [2.24, 2.45) is 11.8 Å². The summed E-state index contributed by atoms with van der Waals surface area (Å²) < 4.78 is 0. The van der Waals surface area contributed by atoms with Crippen LogP contribution in [0.25, 0.3) is 0 Å². The number of fused-ring (bicyclic) bond motifs is 1. The maximum absolute atomic E-state index is 5.70. The Kier molecular flexibility index (Phi) is 2.37. The van der Waals surface area contributed by atoms with Gasteiger partial charge in [-0.05, 0) is 36.8 Å². The summed E-state index contributed by atoms with van der Waals surface area (Å²) in [6.45, 7) is 3.42. The molecule has 0 bridgehead atoms. The van der Waals surface area contributed by atoms with Crippen LogP contribution in [0, 0.1) is 11.8 Å². The largest absolute Gasteiger partial charge is 0.297 e. The summed E-state index contributed by atoms with van der Waals surface area (Å²) in [4.78, 5) is 2.49. The Morgan fingerprint density at radius 3 is 2.47 bits per heavy atom. The second-order valence-electron chi connectivity index (χ2n) is 4.64. The van der Waals surface area contributed by atoms with Crippen molar-refractivity contribution >= 4 is 11.6 Å². The molecule has 1 saturated heterocycles. The molecule has 4 heteroatoms. The molecule has 0 radical (unpaired) electrons. The molecule has 2 atom stereocenters. The summed E-state index contributed by atoms with van der Waals surface area (Å²) in [5, 5.41) is 8.42. The Hall–Kier alpha value is -0.670. The summed E-state index contributed by atoms with van der Waals surface area (Å²) >= 11 is 5.70. The van der Waals surface area contributed by atoms with Gasteiger partial charge in [0, 0.05) is 19.6 Å². The molecule has 2 heterocycles. The zero-order valence-corrected chi connectivity index (χ0v) is 9.32. The predicted molar refractivity (Wildman–Crippen MR) is 58.5 cm³/mol. The zero-order chi connectivity index (χ0) is 10.3. The lowest BCUT2D eigenvalue weighted by molar-refractivity contribution is 0.243. The number of hydrogen-bond acceptors (Lipinski definition) is 3. The van der Waals surface area contributed by atoms with Gasteiger partial charge in [-0.3, -0.25) is 4.90 Å². The summed E-state index contributed by atoms with van der Waals surface area (Å²) in [6, 6.07) is 3.78. The highest BCUT2D eigenvalue weighted by molar-refractivity contribution is 6.29. The molecule has 2 fully saturated rings. The highest BCUT2D eigenvalue weighted by atomic mass is 35.5. The van der Waals surface area contributed by atoms with Crippen LogP contribution in [-0.2, 0) is 6.54 Å². The number of halogens is 1. The van der Waals surface area contributed by atoms with E-state index in [1.165, 1.54) is 25.9 Å². The normalized spacial score (nSPS) is 29.9. The Morgan fingerprint density at radius 1 is 1.20 bits per heavy atom. The molecule has 0 N–H and O–H groups in total. The van der Waals surface area contributed by atoms with E-state index in [0.717, 1.165) is 24.1 Å². The van der Waals surface area contributed by atoms with Gasteiger partial charge < -0.3 is 0 Å². The van der Waals surface area contributed by atoms with Gasteiger partial charge in [0.05, 0.1) is 5.69 Å². The first-order valence-electron chi connectivity index (χ1n) is 5.52. The first kappa shape index (κ1) is 9.55. The van der Waals surface area contributed by atoms with E-state index in [1.807, 2.05) is 12.1 Å². The Morgan fingerprint density at radius 2 is 1.93 bits per heavy atom. The van der Waals surface area contributed by atoms with E-state index in [-0.39, 0.29) is 0 Å². The van der Waals surface area contributed by atoms with Crippen LogP contribution in [0.2, 0.25) is 5.15 Å². The molecule has 15 heavy (non-hydrogen) atoms. The maximum atomic E-state index is 5.70. The van der Waals surface area contributed by atoms with Gasteiger partial charge in [0.2, 0.25) is 0 Å². The van der Waals surface area contributed by atoms with E-state index in [0.29, 0.717) is 5.15 Å². The zero-order valence-electron chi connectivity index (χ0n) is 8.56. The molecule has 1 saturated carbocycles. The fourth-order valence-corrected chi connectivity index (χ4v) is 2.74. The minimum absolute atomic E-state index is 0.472. The van der Waals surface area contributed by atoms with E-state index in [4.69, 9.17) is 11.6 Å². The maximum Gasteiger partial charge on any atom is 0.151 e. The molecule has 3 rings (SSSR count). The number of aromatic nitrogens is 2. The van der Waals surface area contributed by atoms with E-state index in [2.05, 4.69) is 15.1 Å². The molecule has 1 aliphatic heterocycles. The molecule has 1 aromatic rings. The fourth-order valence-electron chi connectivity index (χ4n) is 2.64. The number of likely N-dealkylation sites (tertiary alicyclic amines) is 1. The molecule has 3 nitrogen and oxygen atoms in total. The molecule has 2 aliphatic rings. The quantitative estimate of drug-likeness (QED) is 0.768. The second kappa shape index (κ2) is 3.72. The van der Waals surface area contributed by atoms with Crippen molar-refractivity contribution in [2.75, 3.05) is 13.1 Å². The number of rotatable bonds is 2. The van der Waals surface area contributed by atoms with Gasteiger partial charge >= 0.3 is 0 Å². The highest BCUT2D eigenvalue weighted by Gasteiger charge is 2.38. The third kappa shape index (κ3) is 1.86. The van der Waals surface area contributed by atoms with E-state index < -0.39 is 0 Å². The van der Waals surface area contributed by atoms with Crippen LogP contribution in [0.1, 0.15) is 18.5 Å². The van der Waals surface area contributed by atoms with Gasteiger partial charge in [-0.25, -0.2) is 0 Å². The minimum atomic E-state index is 0.472. The predicted octanol–water partition coefficient (Wildman–Crippen LogP) is 1.97. The molecule has 0 spiro atoms. The Balaban J connectivity index is 1.63. The van der Waals surface area contributed by atoms with E-state index in [1.54, 1.807) is 0 Å². The van der Waals surface area contributed by atoms with Gasteiger partial charge in [-0.15, -0.1) is 5.10 Å². The molecule has 0 amide bonds. The lowest BCUT2D eigenvalue weighted by Crippen LogP contribution is -2.22. The third-order valence-corrected chi connectivity index (χ3v) is 3.83. The van der Waals surface area contributed by atoms with E-state index in [9.17, 15) is 0 Å². The van der Waals surface area contributed by atoms with Crippen LogP contribution in [0.5, 0.6) is 0 Å². The van der Waals surface area contributed by atoms with Crippen LogP contribution >= 0.6 is 11.6 Å². The summed E-state index contributed by atoms with van der Waals surface area (Å²) in [7, 11) is 0. The highest BCUT2D eigenvalue weighted by Crippen LogP contribution is 2.40. The lowest BCUT2D eigenvalue weighted by atomic mass is 9.77. The van der Waals surface area contributed by atoms with Crippen molar-refractivity contribution in [3.05, 3.63) is 23.0 Å². The van der Waals surface area contributed by atoms with Crippen molar-refractivity contribution in [3.8, 4) is 0 Å². The SMILES string of the molecule is Clc1ccc(CN2CC3CCC3C2)nn1. The van der Waals surface area contributed by atoms with Crippen molar-refractivity contribution in [2.45, 2.75) is 19.4 Å². The first-order chi connectivity index (χ1) is 7.31. The second-order valence-corrected chi connectivity index (χ2v) is 5.03. The lowest BCUT2D eigenvalue weighted by Gasteiger charge is -2.28. The standard InChI is InChI=1S/C11H14ClN3/c12-11-4-3-10(13-14-11)7-15-5-8-1-2-9(8)6-15/h3-4,8-9H,1-2,5-7H2. The molecular weight excluding hydrogens is 210 g/mol. The average Bonchev–Trinajstić information content (AvgIpc) is 2.48. The molecule has 80 valence electrons. The molecule has 1 aromatic heterocycles. The monoisotopic (exact) mass is 223 g/mol. The summed E-state index contributed by atoms with van der Waals surface area (Å²) in [5.41, 5.74) is 1.03. The molecule has 1 aliphatic carbocycles. The van der Waals surface area contributed by atoms with Gasteiger partial charge in [0.25, 0.3) is 0 Å². The topological polar surface area (TPSA) is 29.0 Å². The van der Waals surface area contributed by atoms with Crippen molar-refractivity contribution < 1.29 is 0 Å². The summed E-state index contributed by atoms with van der Waals surface area (Å²) in [5.74, 6) is 1.93. The van der Waals surface area contributed by atoms with Gasteiger partial charge in [0.1, 0.15) is 0 Å². The van der Waals surface area contributed by atoms with Crippen LogP contribution < -0.4 is 0 Å². The minimum Gasteiger partial charge on any atom is -0.297 e. The number of hydrogen-bond donors (Lipinski definition) is 0. The van der Waals surface area contributed by atoms with Crippen LogP contribution in [-0.4, -0.2) is 28.2 Å². The van der Waals surface area contributed by atoms with Crippen LogP contribution in [0.4, 0.5) is 0 Å². The molecular formula is C11H14ClN3.